The molecule has 1 N–H and O–H groups in total. The molecule has 1 aliphatic heterocycles. The maximum absolute atomic E-state index is 12.7. The number of anilines is 2. The van der Waals surface area contributed by atoms with Crippen molar-refractivity contribution in [3.63, 3.8) is 0 Å². The van der Waals surface area contributed by atoms with Gasteiger partial charge < -0.3 is 10.1 Å². The number of rotatable bonds is 5. The molecule has 2 aromatic rings. The molecule has 0 bridgehead atoms. The number of hydrogen-bond donors (Lipinski definition) is 1. The first kappa shape index (κ1) is 19.9. The Kier molecular flexibility index (Phi) is 5.99. The van der Waals surface area contributed by atoms with Crippen molar-refractivity contribution in [1.29, 1.82) is 0 Å². The number of nitrogens with zero attached hydrogens (tertiary/aromatic N) is 1. The van der Waals surface area contributed by atoms with E-state index in [0.29, 0.717) is 16.4 Å². The maximum Gasteiger partial charge on any atom is 0.314 e. The number of nitrogens with one attached hydrogen (secondary N) is 1. The highest BCUT2D eigenvalue weighted by molar-refractivity contribution is 6.30. The van der Waals surface area contributed by atoms with Crippen molar-refractivity contribution in [2.45, 2.75) is 19.8 Å². The van der Waals surface area contributed by atoms with Gasteiger partial charge >= 0.3 is 5.97 Å². The van der Waals surface area contributed by atoms with Gasteiger partial charge in [-0.15, -0.1) is 0 Å². The second-order valence-electron chi connectivity index (χ2n) is 6.93. The van der Waals surface area contributed by atoms with Gasteiger partial charge in [-0.3, -0.25) is 19.3 Å². The number of carbonyl (C=O) groups is 3. The average Bonchev–Trinajstić information content (AvgIpc) is 2.66. The summed E-state index contributed by atoms with van der Waals surface area (Å²) in [5.74, 6) is -1.76. The van der Waals surface area contributed by atoms with Crippen LogP contribution in [-0.2, 0) is 19.1 Å². The van der Waals surface area contributed by atoms with Crippen LogP contribution in [0.4, 0.5) is 11.4 Å². The zero-order valence-corrected chi connectivity index (χ0v) is 16.4. The van der Waals surface area contributed by atoms with Crippen molar-refractivity contribution in [2.75, 3.05) is 23.4 Å². The van der Waals surface area contributed by atoms with Gasteiger partial charge in [0.05, 0.1) is 17.3 Å². The Morgan fingerprint density at radius 2 is 1.82 bits per heavy atom. The first-order valence-electron chi connectivity index (χ1n) is 8.98. The molecular weight excluding hydrogens is 380 g/mol. The molecule has 2 amide bonds. The normalized spacial score (nSPS) is 14.3. The summed E-state index contributed by atoms with van der Waals surface area (Å²) in [5, 5.41) is 3.30. The maximum atomic E-state index is 12.7. The fourth-order valence-corrected chi connectivity index (χ4v) is 3.35. The van der Waals surface area contributed by atoms with Gasteiger partial charge in [0.1, 0.15) is 6.54 Å². The number of amides is 2. The lowest BCUT2D eigenvalue weighted by Crippen LogP contribution is -2.44. The number of esters is 1. The predicted octanol–water partition coefficient (Wildman–Crippen LogP) is 3.61. The third-order valence-corrected chi connectivity index (χ3v) is 4.81. The fraction of sp³-hybridized carbons (Fsp3) is 0.286. The molecule has 0 fully saturated rings. The molecule has 7 heteroatoms. The van der Waals surface area contributed by atoms with E-state index in [1.165, 1.54) is 4.90 Å². The van der Waals surface area contributed by atoms with Crippen LogP contribution < -0.4 is 10.2 Å². The molecule has 1 atom stereocenters. The standard InChI is InChI=1S/C21H21ClN2O4/c1-13(2)20(14-7-9-15(22)10-8-14)21(27)28-12-19(26)24-11-18(25)23-16-5-3-4-6-17(16)24/h3-10,13,20H,11-12H2,1-2H3,(H,23,25)/t20-/m1/s1. The van der Waals surface area contributed by atoms with Crippen LogP contribution in [0.1, 0.15) is 25.3 Å². The summed E-state index contributed by atoms with van der Waals surface area (Å²) in [6.45, 7) is 3.27. The van der Waals surface area contributed by atoms with Gasteiger partial charge in [-0.05, 0) is 35.7 Å². The van der Waals surface area contributed by atoms with Crippen LogP contribution in [0.3, 0.4) is 0 Å². The number of benzene rings is 2. The third-order valence-electron chi connectivity index (χ3n) is 4.56. The van der Waals surface area contributed by atoms with Gasteiger partial charge in [0.2, 0.25) is 5.91 Å². The molecular formula is C21H21ClN2O4. The van der Waals surface area contributed by atoms with Crippen molar-refractivity contribution >= 4 is 40.8 Å². The molecule has 146 valence electrons. The highest BCUT2D eigenvalue weighted by Crippen LogP contribution is 2.30. The zero-order chi connectivity index (χ0) is 20.3. The summed E-state index contributed by atoms with van der Waals surface area (Å²) in [4.78, 5) is 38.5. The Morgan fingerprint density at radius 3 is 2.50 bits per heavy atom. The number of ether oxygens (including phenoxy) is 1. The monoisotopic (exact) mass is 400 g/mol. The van der Waals surface area contributed by atoms with E-state index in [9.17, 15) is 14.4 Å². The molecule has 1 heterocycles. The van der Waals surface area contributed by atoms with Crippen molar-refractivity contribution < 1.29 is 19.1 Å². The smallest absolute Gasteiger partial charge is 0.314 e. The van der Waals surface area contributed by atoms with E-state index in [1.54, 1.807) is 48.5 Å². The second-order valence-corrected chi connectivity index (χ2v) is 7.36. The highest BCUT2D eigenvalue weighted by atomic mass is 35.5. The molecule has 0 unspecified atom stereocenters. The van der Waals surface area contributed by atoms with Gasteiger partial charge in [-0.1, -0.05) is 49.7 Å². The molecule has 0 saturated carbocycles. The Labute approximate surface area is 168 Å². The summed E-state index contributed by atoms with van der Waals surface area (Å²) in [7, 11) is 0. The predicted molar refractivity (Wildman–Crippen MR) is 107 cm³/mol. The average molecular weight is 401 g/mol. The fourth-order valence-electron chi connectivity index (χ4n) is 3.22. The summed E-state index contributed by atoms with van der Waals surface area (Å²) in [6, 6.07) is 14.0. The van der Waals surface area contributed by atoms with Crippen molar-refractivity contribution in [1.82, 2.24) is 0 Å². The summed E-state index contributed by atoms with van der Waals surface area (Å²) >= 11 is 5.92. The van der Waals surface area contributed by atoms with Crippen LogP contribution in [0.15, 0.2) is 48.5 Å². The lowest BCUT2D eigenvalue weighted by Gasteiger charge is -2.29. The molecule has 0 aliphatic carbocycles. The third kappa shape index (κ3) is 4.34. The molecule has 6 nitrogen and oxygen atoms in total. The lowest BCUT2D eigenvalue weighted by atomic mass is 9.88. The van der Waals surface area contributed by atoms with E-state index in [-0.39, 0.29) is 18.4 Å². The van der Waals surface area contributed by atoms with Crippen LogP contribution in [0.2, 0.25) is 5.02 Å². The second kappa shape index (κ2) is 8.44. The number of para-hydroxylation sites is 2. The van der Waals surface area contributed by atoms with Gasteiger partial charge in [0, 0.05) is 5.02 Å². The number of carbonyl (C=O) groups excluding carboxylic acids is 3. The van der Waals surface area contributed by atoms with Crippen molar-refractivity contribution in [3.05, 3.63) is 59.1 Å². The SMILES string of the molecule is CC(C)[C@@H](C(=O)OCC(=O)N1CC(=O)Nc2ccccc21)c1ccc(Cl)cc1. The molecule has 0 saturated heterocycles. The van der Waals surface area contributed by atoms with Gasteiger partial charge in [0.15, 0.2) is 6.61 Å². The number of hydrogen-bond acceptors (Lipinski definition) is 4. The topological polar surface area (TPSA) is 75.7 Å². The number of fused-ring (bicyclic) bond motifs is 1. The molecule has 0 aromatic heterocycles. The van der Waals surface area contributed by atoms with E-state index in [2.05, 4.69) is 5.32 Å². The first-order chi connectivity index (χ1) is 13.4. The Balaban J connectivity index is 1.70. The van der Waals surface area contributed by atoms with E-state index >= 15 is 0 Å². The first-order valence-corrected chi connectivity index (χ1v) is 9.36. The zero-order valence-electron chi connectivity index (χ0n) is 15.6. The quantitative estimate of drug-likeness (QED) is 0.778. The van der Waals surface area contributed by atoms with E-state index in [0.717, 1.165) is 5.56 Å². The minimum atomic E-state index is -0.512. The van der Waals surface area contributed by atoms with Crippen LogP contribution in [0, 0.1) is 5.92 Å². The van der Waals surface area contributed by atoms with E-state index < -0.39 is 24.4 Å². The Hall–Kier alpha value is -2.86. The molecule has 2 aromatic carbocycles. The molecule has 3 rings (SSSR count). The van der Waals surface area contributed by atoms with Gasteiger partial charge in [-0.25, -0.2) is 0 Å². The summed E-state index contributed by atoms with van der Waals surface area (Å²) in [6.07, 6.45) is 0. The molecule has 0 radical (unpaired) electrons. The van der Waals surface area contributed by atoms with Crippen LogP contribution in [0.25, 0.3) is 0 Å². The van der Waals surface area contributed by atoms with Crippen molar-refractivity contribution in [2.24, 2.45) is 5.92 Å². The minimum Gasteiger partial charge on any atom is -0.455 e. The van der Waals surface area contributed by atoms with Crippen LogP contribution in [-0.4, -0.2) is 30.9 Å². The lowest BCUT2D eigenvalue weighted by molar-refractivity contribution is -0.150. The Morgan fingerprint density at radius 1 is 1.14 bits per heavy atom. The van der Waals surface area contributed by atoms with Crippen LogP contribution in [0.5, 0.6) is 0 Å². The van der Waals surface area contributed by atoms with Gasteiger partial charge in [0.25, 0.3) is 5.91 Å². The minimum absolute atomic E-state index is 0.0229. The molecule has 0 spiro atoms. The van der Waals surface area contributed by atoms with Crippen molar-refractivity contribution in [3.8, 4) is 0 Å². The highest BCUT2D eigenvalue weighted by Gasteiger charge is 2.30. The molecule has 28 heavy (non-hydrogen) atoms. The summed E-state index contributed by atoms with van der Waals surface area (Å²) < 4.78 is 5.32. The Bertz CT molecular complexity index is 896. The molecule has 1 aliphatic rings. The summed E-state index contributed by atoms with van der Waals surface area (Å²) in [5.41, 5.74) is 1.92. The largest absolute Gasteiger partial charge is 0.455 e. The van der Waals surface area contributed by atoms with Crippen LogP contribution >= 0.6 is 11.6 Å². The number of halogens is 1. The van der Waals surface area contributed by atoms with E-state index in [4.69, 9.17) is 16.3 Å². The van der Waals surface area contributed by atoms with E-state index in [1.807, 2.05) is 13.8 Å². The van der Waals surface area contributed by atoms with Gasteiger partial charge in [-0.2, -0.15) is 0 Å².